The SMILES string of the molecule is CC(C)CN(CC(C)C)c1ccc(C(N)=S)nc1. The maximum Gasteiger partial charge on any atom is 0.122 e. The van der Waals surface area contributed by atoms with Crippen LogP contribution in [0.4, 0.5) is 5.69 Å². The molecule has 0 fully saturated rings. The quantitative estimate of drug-likeness (QED) is 0.803. The number of aromatic nitrogens is 1. The van der Waals surface area contributed by atoms with E-state index in [1.54, 1.807) is 0 Å². The minimum atomic E-state index is 0.348. The van der Waals surface area contributed by atoms with E-state index in [1.807, 2.05) is 18.3 Å². The number of hydrogen-bond donors (Lipinski definition) is 1. The lowest BCUT2D eigenvalue weighted by molar-refractivity contribution is 0.552. The molecule has 100 valence electrons. The van der Waals surface area contributed by atoms with Gasteiger partial charge in [0.2, 0.25) is 0 Å². The zero-order valence-corrected chi connectivity index (χ0v) is 12.5. The number of thiocarbonyl (C=S) groups is 1. The summed E-state index contributed by atoms with van der Waals surface area (Å²) in [6.07, 6.45) is 1.86. The topological polar surface area (TPSA) is 42.1 Å². The summed E-state index contributed by atoms with van der Waals surface area (Å²) in [5.41, 5.74) is 7.38. The molecule has 4 heteroatoms. The van der Waals surface area contributed by atoms with E-state index in [4.69, 9.17) is 18.0 Å². The van der Waals surface area contributed by atoms with Crippen molar-refractivity contribution in [3.05, 3.63) is 24.0 Å². The Morgan fingerprint density at radius 2 is 1.78 bits per heavy atom. The molecule has 0 radical (unpaired) electrons. The number of anilines is 1. The zero-order valence-electron chi connectivity index (χ0n) is 11.7. The van der Waals surface area contributed by atoms with E-state index < -0.39 is 0 Å². The van der Waals surface area contributed by atoms with E-state index in [1.165, 1.54) is 0 Å². The van der Waals surface area contributed by atoms with E-state index in [2.05, 4.69) is 37.6 Å². The fraction of sp³-hybridized carbons (Fsp3) is 0.571. The number of pyridine rings is 1. The van der Waals surface area contributed by atoms with Gasteiger partial charge in [-0.1, -0.05) is 39.9 Å². The van der Waals surface area contributed by atoms with Crippen LogP contribution in [0.2, 0.25) is 0 Å². The summed E-state index contributed by atoms with van der Waals surface area (Å²) in [4.78, 5) is 7.02. The molecule has 0 aliphatic carbocycles. The van der Waals surface area contributed by atoms with Crippen molar-refractivity contribution >= 4 is 22.9 Å². The summed E-state index contributed by atoms with van der Waals surface area (Å²) in [5.74, 6) is 1.25. The molecule has 0 saturated heterocycles. The summed E-state index contributed by atoms with van der Waals surface area (Å²) in [5, 5.41) is 0. The van der Waals surface area contributed by atoms with Gasteiger partial charge < -0.3 is 10.6 Å². The van der Waals surface area contributed by atoms with Crippen molar-refractivity contribution in [3.63, 3.8) is 0 Å². The Balaban J connectivity index is 2.87. The normalized spacial score (nSPS) is 11.0. The van der Waals surface area contributed by atoms with Crippen LogP contribution in [0.1, 0.15) is 33.4 Å². The fourth-order valence-electron chi connectivity index (χ4n) is 1.89. The van der Waals surface area contributed by atoms with Crippen molar-refractivity contribution in [1.29, 1.82) is 0 Å². The highest BCUT2D eigenvalue weighted by Gasteiger charge is 2.11. The number of rotatable bonds is 6. The van der Waals surface area contributed by atoms with E-state index in [-0.39, 0.29) is 0 Å². The number of hydrogen-bond acceptors (Lipinski definition) is 3. The summed E-state index contributed by atoms with van der Waals surface area (Å²) in [6.45, 7) is 11.0. The monoisotopic (exact) mass is 265 g/mol. The summed E-state index contributed by atoms with van der Waals surface area (Å²) >= 11 is 4.91. The van der Waals surface area contributed by atoms with Crippen molar-refractivity contribution in [2.75, 3.05) is 18.0 Å². The van der Waals surface area contributed by atoms with Crippen LogP contribution in [-0.2, 0) is 0 Å². The van der Waals surface area contributed by atoms with Crippen LogP contribution in [-0.4, -0.2) is 23.1 Å². The Bertz CT molecular complexity index is 375. The highest BCUT2D eigenvalue weighted by atomic mass is 32.1. The Labute approximate surface area is 115 Å². The first-order chi connectivity index (χ1) is 8.40. The standard InChI is InChI=1S/C14H23N3S/c1-10(2)8-17(9-11(3)4)12-5-6-13(14(15)18)16-7-12/h5-7,10-11H,8-9H2,1-4H3,(H2,15,18). The summed E-state index contributed by atoms with van der Waals surface area (Å²) in [7, 11) is 0. The average Bonchev–Trinajstić information content (AvgIpc) is 2.27. The first-order valence-electron chi connectivity index (χ1n) is 6.41. The second-order valence-corrected chi connectivity index (χ2v) is 5.90. The molecule has 0 unspecified atom stereocenters. The van der Waals surface area contributed by atoms with Crippen molar-refractivity contribution in [1.82, 2.24) is 4.98 Å². The van der Waals surface area contributed by atoms with Crippen molar-refractivity contribution in [3.8, 4) is 0 Å². The van der Waals surface area contributed by atoms with Crippen molar-refractivity contribution in [2.24, 2.45) is 17.6 Å². The van der Waals surface area contributed by atoms with Gasteiger partial charge in [-0.05, 0) is 24.0 Å². The van der Waals surface area contributed by atoms with Gasteiger partial charge in [0.05, 0.1) is 17.6 Å². The van der Waals surface area contributed by atoms with Crippen LogP contribution in [0.25, 0.3) is 0 Å². The number of nitrogens with zero attached hydrogens (tertiary/aromatic N) is 2. The molecule has 2 N–H and O–H groups in total. The Morgan fingerprint density at radius 1 is 1.22 bits per heavy atom. The maximum atomic E-state index is 5.56. The first kappa shape index (κ1) is 14.9. The molecule has 0 aliphatic heterocycles. The lowest BCUT2D eigenvalue weighted by Crippen LogP contribution is -2.31. The highest BCUT2D eigenvalue weighted by molar-refractivity contribution is 7.80. The number of nitrogens with two attached hydrogens (primary N) is 1. The van der Waals surface area contributed by atoms with Gasteiger partial charge in [-0.25, -0.2) is 0 Å². The van der Waals surface area contributed by atoms with Crippen molar-refractivity contribution < 1.29 is 0 Å². The minimum Gasteiger partial charge on any atom is -0.388 e. The zero-order chi connectivity index (χ0) is 13.7. The molecule has 0 saturated carbocycles. The third-order valence-electron chi connectivity index (χ3n) is 2.54. The average molecular weight is 265 g/mol. The van der Waals surface area contributed by atoms with Crippen LogP contribution in [0.3, 0.4) is 0 Å². The van der Waals surface area contributed by atoms with Gasteiger partial charge in [-0.2, -0.15) is 0 Å². The van der Waals surface area contributed by atoms with E-state index in [9.17, 15) is 0 Å². The van der Waals surface area contributed by atoms with Gasteiger partial charge in [0.1, 0.15) is 4.99 Å². The molecular weight excluding hydrogens is 242 g/mol. The third-order valence-corrected chi connectivity index (χ3v) is 2.75. The van der Waals surface area contributed by atoms with Gasteiger partial charge in [0.25, 0.3) is 0 Å². The van der Waals surface area contributed by atoms with Crippen LogP contribution in [0, 0.1) is 11.8 Å². The van der Waals surface area contributed by atoms with E-state index in [0.717, 1.165) is 18.8 Å². The molecule has 0 bridgehead atoms. The molecule has 3 nitrogen and oxygen atoms in total. The Kier molecular flexibility index (Phi) is 5.54. The van der Waals surface area contributed by atoms with E-state index >= 15 is 0 Å². The molecule has 1 heterocycles. The van der Waals surface area contributed by atoms with Gasteiger partial charge in [-0.15, -0.1) is 0 Å². The lowest BCUT2D eigenvalue weighted by atomic mass is 10.1. The molecule has 0 atom stereocenters. The molecule has 0 aliphatic rings. The fourth-order valence-corrected chi connectivity index (χ4v) is 2.01. The van der Waals surface area contributed by atoms with Gasteiger partial charge in [-0.3, -0.25) is 4.98 Å². The molecule has 0 amide bonds. The molecule has 0 spiro atoms. The molecule has 18 heavy (non-hydrogen) atoms. The smallest absolute Gasteiger partial charge is 0.122 e. The minimum absolute atomic E-state index is 0.348. The van der Waals surface area contributed by atoms with Crippen LogP contribution in [0.5, 0.6) is 0 Å². The summed E-state index contributed by atoms with van der Waals surface area (Å²) < 4.78 is 0. The molecular formula is C14H23N3S. The predicted molar refractivity (Wildman–Crippen MR) is 82.0 cm³/mol. The van der Waals surface area contributed by atoms with Crippen LogP contribution < -0.4 is 10.6 Å². The Hall–Kier alpha value is -1.16. The molecule has 1 aromatic rings. The van der Waals surface area contributed by atoms with Crippen molar-refractivity contribution in [2.45, 2.75) is 27.7 Å². The second kappa shape index (κ2) is 6.69. The molecule has 0 aromatic carbocycles. The van der Waals surface area contributed by atoms with Gasteiger partial charge >= 0.3 is 0 Å². The largest absolute Gasteiger partial charge is 0.388 e. The Morgan fingerprint density at radius 3 is 2.11 bits per heavy atom. The first-order valence-corrected chi connectivity index (χ1v) is 6.81. The maximum absolute atomic E-state index is 5.56. The molecule has 1 aromatic heterocycles. The molecule has 1 rings (SSSR count). The second-order valence-electron chi connectivity index (χ2n) is 5.46. The predicted octanol–water partition coefficient (Wildman–Crippen LogP) is 2.83. The third kappa shape index (κ3) is 4.61. The lowest BCUT2D eigenvalue weighted by Gasteiger charge is -2.28. The van der Waals surface area contributed by atoms with E-state index in [0.29, 0.717) is 22.5 Å². The van der Waals surface area contributed by atoms with Crippen LogP contribution in [0.15, 0.2) is 18.3 Å². The van der Waals surface area contributed by atoms with Crippen LogP contribution >= 0.6 is 12.2 Å². The van der Waals surface area contributed by atoms with Gasteiger partial charge in [0, 0.05) is 13.1 Å². The summed E-state index contributed by atoms with van der Waals surface area (Å²) in [6, 6.07) is 3.94. The van der Waals surface area contributed by atoms with Gasteiger partial charge in [0.15, 0.2) is 0 Å². The highest BCUT2D eigenvalue weighted by Crippen LogP contribution is 2.16.